The van der Waals surface area contributed by atoms with E-state index in [-0.39, 0.29) is 19.0 Å². The Kier molecular flexibility index (Phi) is 4.19. The predicted octanol–water partition coefficient (Wildman–Crippen LogP) is -0.691. The smallest absolute Gasteiger partial charge is 0.317 e. The third kappa shape index (κ3) is 3.68. The second-order valence-electron chi connectivity index (χ2n) is 5.21. The van der Waals surface area contributed by atoms with Crippen molar-refractivity contribution in [1.29, 1.82) is 0 Å². The molecule has 0 unspecified atom stereocenters. The summed E-state index contributed by atoms with van der Waals surface area (Å²) >= 11 is 0. The average Bonchev–Trinajstić information content (AvgIpc) is 3.12. The van der Waals surface area contributed by atoms with E-state index in [1.54, 1.807) is 4.90 Å². The minimum absolute atomic E-state index is 0.0237. The van der Waals surface area contributed by atoms with Crippen molar-refractivity contribution in [3.05, 3.63) is 0 Å². The van der Waals surface area contributed by atoms with Gasteiger partial charge in [0.25, 0.3) is 0 Å². The monoisotopic (exact) mass is 255 g/mol. The molecular formula is C12H21N3O3. The van der Waals surface area contributed by atoms with E-state index < -0.39 is 5.97 Å². The lowest BCUT2D eigenvalue weighted by molar-refractivity contribution is -0.140. The maximum absolute atomic E-state index is 12.1. The van der Waals surface area contributed by atoms with Gasteiger partial charge in [-0.2, -0.15) is 0 Å². The molecule has 1 amide bonds. The summed E-state index contributed by atoms with van der Waals surface area (Å²) in [7, 11) is 2.04. The van der Waals surface area contributed by atoms with E-state index >= 15 is 0 Å². The van der Waals surface area contributed by atoms with Crippen molar-refractivity contribution in [2.45, 2.75) is 18.9 Å². The molecule has 1 saturated carbocycles. The van der Waals surface area contributed by atoms with Crippen LogP contribution in [0.3, 0.4) is 0 Å². The SMILES string of the molecule is CN1CCN(C(=O)CN(CC(=O)O)C2CC2)CC1. The van der Waals surface area contributed by atoms with Gasteiger partial charge in [0, 0.05) is 32.2 Å². The molecule has 1 heterocycles. The number of carboxylic acid groups (broad SMARTS) is 1. The van der Waals surface area contributed by atoms with Gasteiger partial charge >= 0.3 is 5.97 Å². The van der Waals surface area contributed by atoms with Crippen molar-refractivity contribution in [1.82, 2.24) is 14.7 Å². The quantitative estimate of drug-likeness (QED) is 0.704. The normalized spacial score (nSPS) is 21.3. The van der Waals surface area contributed by atoms with Crippen LogP contribution in [0.5, 0.6) is 0 Å². The third-order valence-corrected chi connectivity index (χ3v) is 3.60. The number of aliphatic carboxylic acids is 1. The molecule has 0 atom stereocenters. The first kappa shape index (κ1) is 13.3. The number of piperazine rings is 1. The van der Waals surface area contributed by atoms with E-state index in [0.717, 1.165) is 39.0 Å². The molecule has 2 aliphatic rings. The molecular weight excluding hydrogens is 234 g/mol. The van der Waals surface area contributed by atoms with Crippen molar-refractivity contribution < 1.29 is 14.7 Å². The van der Waals surface area contributed by atoms with Gasteiger partial charge in [0.1, 0.15) is 0 Å². The molecule has 0 aromatic rings. The minimum Gasteiger partial charge on any atom is -0.480 e. The van der Waals surface area contributed by atoms with Gasteiger partial charge in [-0.05, 0) is 19.9 Å². The number of carbonyl (C=O) groups excluding carboxylic acids is 1. The maximum atomic E-state index is 12.1. The first-order chi connectivity index (χ1) is 8.56. The zero-order valence-corrected chi connectivity index (χ0v) is 10.8. The fourth-order valence-electron chi connectivity index (χ4n) is 2.26. The van der Waals surface area contributed by atoms with Gasteiger partial charge in [0.05, 0.1) is 13.1 Å². The van der Waals surface area contributed by atoms with Crippen molar-refractivity contribution >= 4 is 11.9 Å². The summed E-state index contributed by atoms with van der Waals surface area (Å²) in [6.45, 7) is 3.52. The lowest BCUT2D eigenvalue weighted by atomic mass is 10.3. The first-order valence-corrected chi connectivity index (χ1v) is 6.48. The highest BCUT2D eigenvalue weighted by Gasteiger charge is 2.32. The van der Waals surface area contributed by atoms with Crippen molar-refractivity contribution in [3.63, 3.8) is 0 Å². The zero-order chi connectivity index (χ0) is 13.1. The number of carbonyl (C=O) groups is 2. The largest absolute Gasteiger partial charge is 0.480 e. The molecule has 0 bridgehead atoms. The van der Waals surface area contributed by atoms with Gasteiger partial charge < -0.3 is 14.9 Å². The molecule has 102 valence electrons. The van der Waals surface area contributed by atoms with Crippen molar-refractivity contribution in [2.75, 3.05) is 46.3 Å². The number of carboxylic acids is 1. The molecule has 2 rings (SSSR count). The molecule has 1 aliphatic heterocycles. The van der Waals surface area contributed by atoms with Crippen LogP contribution >= 0.6 is 0 Å². The Morgan fingerprint density at radius 1 is 1.17 bits per heavy atom. The second-order valence-corrected chi connectivity index (χ2v) is 5.21. The summed E-state index contributed by atoms with van der Waals surface area (Å²) in [5, 5.41) is 8.85. The number of hydrogen-bond donors (Lipinski definition) is 1. The maximum Gasteiger partial charge on any atom is 0.317 e. The van der Waals surface area contributed by atoms with E-state index in [9.17, 15) is 9.59 Å². The van der Waals surface area contributed by atoms with Crippen LogP contribution in [0.25, 0.3) is 0 Å². The molecule has 1 aliphatic carbocycles. The van der Waals surface area contributed by atoms with Gasteiger partial charge in [-0.25, -0.2) is 0 Å². The Balaban J connectivity index is 1.82. The number of nitrogens with zero attached hydrogens (tertiary/aromatic N) is 3. The number of likely N-dealkylation sites (N-methyl/N-ethyl adjacent to an activating group) is 1. The van der Waals surface area contributed by atoms with Crippen LogP contribution in [0.15, 0.2) is 0 Å². The Hall–Kier alpha value is -1.14. The summed E-state index contributed by atoms with van der Waals surface area (Å²) < 4.78 is 0. The van der Waals surface area contributed by atoms with Crippen LogP contribution in [0.2, 0.25) is 0 Å². The Morgan fingerprint density at radius 2 is 1.78 bits per heavy atom. The molecule has 6 nitrogen and oxygen atoms in total. The van der Waals surface area contributed by atoms with Crippen LogP contribution in [-0.4, -0.2) is 84.0 Å². The molecule has 0 aromatic heterocycles. The lowest BCUT2D eigenvalue weighted by Gasteiger charge is -2.33. The molecule has 18 heavy (non-hydrogen) atoms. The zero-order valence-electron chi connectivity index (χ0n) is 10.8. The van der Waals surface area contributed by atoms with Gasteiger partial charge in [-0.15, -0.1) is 0 Å². The van der Waals surface area contributed by atoms with E-state index in [1.807, 2.05) is 11.9 Å². The molecule has 1 N–H and O–H groups in total. The van der Waals surface area contributed by atoms with Gasteiger partial charge in [0.2, 0.25) is 5.91 Å². The topological polar surface area (TPSA) is 64.1 Å². The Bertz CT molecular complexity index is 323. The Labute approximate surface area is 107 Å². The van der Waals surface area contributed by atoms with Crippen molar-refractivity contribution in [3.8, 4) is 0 Å². The summed E-state index contributed by atoms with van der Waals surface area (Å²) in [4.78, 5) is 28.7. The fourth-order valence-corrected chi connectivity index (χ4v) is 2.26. The highest BCUT2D eigenvalue weighted by atomic mass is 16.4. The highest BCUT2D eigenvalue weighted by molar-refractivity contribution is 5.79. The fraction of sp³-hybridized carbons (Fsp3) is 0.833. The molecule has 2 fully saturated rings. The third-order valence-electron chi connectivity index (χ3n) is 3.60. The summed E-state index contributed by atoms with van der Waals surface area (Å²) in [5.41, 5.74) is 0. The molecule has 0 spiro atoms. The van der Waals surface area contributed by atoms with Crippen LogP contribution in [0.1, 0.15) is 12.8 Å². The summed E-state index contributed by atoms with van der Waals surface area (Å²) in [5.74, 6) is -0.788. The van der Waals surface area contributed by atoms with Crippen LogP contribution in [0, 0.1) is 0 Å². The molecule has 0 aromatic carbocycles. The van der Waals surface area contributed by atoms with E-state index in [0.29, 0.717) is 6.04 Å². The van der Waals surface area contributed by atoms with Crippen molar-refractivity contribution in [2.24, 2.45) is 0 Å². The minimum atomic E-state index is -0.854. The van der Waals surface area contributed by atoms with Crippen LogP contribution < -0.4 is 0 Å². The number of hydrogen-bond acceptors (Lipinski definition) is 4. The second kappa shape index (κ2) is 5.67. The van der Waals surface area contributed by atoms with Gasteiger partial charge in [0.15, 0.2) is 0 Å². The number of rotatable bonds is 5. The molecule has 6 heteroatoms. The standard InChI is InChI=1S/C12H21N3O3/c1-13-4-6-14(7-5-13)11(16)8-15(9-12(17)18)10-2-3-10/h10H,2-9H2,1H3,(H,17,18). The first-order valence-electron chi connectivity index (χ1n) is 6.48. The van der Waals surface area contributed by atoms with E-state index in [1.165, 1.54) is 0 Å². The average molecular weight is 255 g/mol. The van der Waals surface area contributed by atoms with Crippen LogP contribution in [0.4, 0.5) is 0 Å². The Morgan fingerprint density at radius 3 is 2.28 bits per heavy atom. The summed E-state index contributed by atoms with van der Waals surface area (Å²) in [6.07, 6.45) is 2.03. The molecule has 1 saturated heterocycles. The van der Waals surface area contributed by atoms with Gasteiger partial charge in [-0.3, -0.25) is 14.5 Å². The lowest BCUT2D eigenvalue weighted by Crippen LogP contribution is -2.50. The summed E-state index contributed by atoms with van der Waals surface area (Å²) in [6, 6.07) is 0.303. The van der Waals surface area contributed by atoms with E-state index in [4.69, 9.17) is 5.11 Å². The van der Waals surface area contributed by atoms with Crippen LogP contribution in [-0.2, 0) is 9.59 Å². The highest BCUT2D eigenvalue weighted by Crippen LogP contribution is 2.26. The molecule has 0 radical (unpaired) electrons. The predicted molar refractivity (Wildman–Crippen MR) is 66.3 cm³/mol. The number of amides is 1. The van der Waals surface area contributed by atoms with Gasteiger partial charge in [-0.1, -0.05) is 0 Å². The van der Waals surface area contributed by atoms with E-state index in [2.05, 4.69) is 4.90 Å².